The Bertz CT molecular complexity index is 1070. The molecule has 4 rings (SSSR count). The first-order valence-electron chi connectivity index (χ1n) is 10.5. The molecule has 1 aliphatic heterocycles. The van der Waals surface area contributed by atoms with Crippen LogP contribution in [0.1, 0.15) is 62.4 Å². The summed E-state index contributed by atoms with van der Waals surface area (Å²) in [5, 5.41) is 5.20. The molecule has 1 atom stereocenters. The molecule has 0 radical (unpaired) electrons. The van der Waals surface area contributed by atoms with Crippen LogP contribution >= 0.6 is 0 Å². The number of hydrogen-bond donors (Lipinski definition) is 1. The van der Waals surface area contributed by atoms with Crippen molar-refractivity contribution in [3.8, 4) is 11.3 Å². The number of ether oxygens (including phenoxy) is 1. The van der Waals surface area contributed by atoms with Gasteiger partial charge in [-0.25, -0.2) is 4.79 Å². The zero-order chi connectivity index (χ0) is 21.6. The van der Waals surface area contributed by atoms with Crippen molar-refractivity contribution >= 4 is 17.0 Å². The number of fused-ring (bicyclic) bond motifs is 1. The minimum atomic E-state index is -0.503. The highest BCUT2D eigenvalue weighted by atomic mass is 16.6. The lowest BCUT2D eigenvalue weighted by atomic mass is 9.92. The van der Waals surface area contributed by atoms with Gasteiger partial charge < -0.3 is 19.1 Å². The van der Waals surface area contributed by atoms with Gasteiger partial charge in [0.2, 0.25) is 0 Å². The molecule has 0 saturated carbocycles. The molecule has 1 unspecified atom stereocenters. The molecule has 0 aromatic carbocycles. The zero-order valence-corrected chi connectivity index (χ0v) is 18.6. The standard InChI is InChI=1S/C23H30N4O3/c1-13-10-17-18(24-13)11-19(20-14(2)26-30-15(20)3)25-21(17)16-8-7-9-27(12-16)22(28)29-23(4,5)6/h10-11,16,24H,7-9,12H2,1-6H3. The Morgan fingerprint density at radius 3 is 2.70 bits per heavy atom. The largest absolute Gasteiger partial charge is 0.444 e. The summed E-state index contributed by atoms with van der Waals surface area (Å²) in [4.78, 5) is 23.0. The predicted molar refractivity (Wildman–Crippen MR) is 116 cm³/mol. The van der Waals surface area contributed by atoms with Gasteiger partial charge in [-0.1, -0.05) is 5.16 Å². The van der Waals surface area contributed by atoms with Crippen LogP contribution in [0.4, 0.5) is 4.79 Å². The number of carbonyl (C=O) groups excluding carboxylic acids is 1. The van der Waals surface area contributed by atoms with E-state index in [4.69, 9.17) is 14.2 Å². The summed E-state index contributed by atoms with van der Waals surface area (Å²) in [7, 11) is 0. The number of aromatic nitrogens is 3. The Kier molecular flexibility index (Phi) is 5.08. The van der Waals surface area contributed by atoms with Crippen LogP contribution in [0.25, 0.3) is 22.2 Å². The van der Waals surface area contributed by atoms with E-state index >= 15 is 0 Å². The minimum absolute atomic E-state index is 0.143. The fraction of sp³-hybridized carbons (Fsp3) is 0.522. The maximum Gasteiger partial charge on any atom is 0.410 e. The Morgan fingerprint density at radius 2 is 2.03 bits per heavy atom. The maximum absolute atomic E-state index is 12.7. The number of H-pyrrole nitrogens is 1. The third kappa shape index (κ3) is 3.93. The summed E-state index contributed by atoms with van der Waals surface area (Å²) in [6, 6.07) is 4.20. The molecule has 4 heterocycles. The second kappa shape index (κ2) is 7.45. The fourth-order valence-electron chi connectivity index (χ4n) is 4.28. The molecule has 0 aliphatic carbocycles. The average Bonchev–Trinajstić information content (AvgIpc) is 3.20. The number of rotatable bonds is 2. The van der Waals surface area contributed by atoms with Gasteiger partial charge in [-0.05, 0) is 66.5 Å². The van der Waals surface area contributed by atoms with E-state index in [2.05, 4.69) is 22.3 Å². The number of pyridine rings is 1. The molecule has 0 bridgehead atoms. The number of aromatic amines is 1. The number of nitrogens with zero attached hydrogens (tertiary/aromatic N) is 3. The second-order valence-electron chi connectivity index (χ2n) is 9.27. The van der Waals surface area contributed by atoms with Gasteiger partial charge in [0.25, 0.3) is 0 Å². The predicted octanol–water partition coefficient (Wildman–Crippen LogP) is 5.26. The van der Waals surface area contributed by atoms with Crippen molar-refractivity contribution in [1.82, 2.24) is 20.0 Å². The van der Waals surface area contributed by atoms with Crippen LogP contribution < -0.4 is 0 Å². The number of hydrogen-bond acceptors (Lipinski definition) is 5. The van der Waals surface area contributed by atoms with Crippen molar-refractivity contribution in [3.63, 3.8) is 0 Å². The van der Waals surface area contributed by atoms with Crippen LogP contribution in [-0.4, -0.2) is 44.8 Å². The third-order valence-corrected chi connectivity index (χ3v) is 5.53. The molecule has 30 heavy (non-hydrogen) atoms. The number of nitrogens with one attached hydrogen (secondary N) is 1. The Hall–Kier alpha value is -2.83. The highest BCUT2D eigenvalue weighted by molar-refractivity contribution is 5.87. The molecule has 160 valence electrons. The van der Waals surface area contributed by atoms with E-state index in [0.717, 1.165) is 57.8 Å². The van der Waals surface area contributed by atoms with E-state index < -0.39 is 5.60 Å². The molecular weight excluding hydrogens is 380 g/mol. The molecule has 3 aromatic heterocycles. The molecule has 7 heteroatoms. The number of likely N-dealkylation sites (tertiary alicyclic amines) is 1. The molecule has 1 aliphatic rings. The first-order valence-corrected chi connectivity index (χ1v) is 10.5. The zero-order valence-electron chi connectivity index (χ0n) is 18.6. The summed E-state index contributed by atoms with van der Waals surface area (Å²) in [6.45, 7) is 12.9. The molecule has 7 nitrogen and oxygen atoms in total. The Labute approximate surface area is 176 Å². The third-order valence-electron chi connectivity index (χ3n) is 5.53. The van der Waals surface area contributed by atoms with Crippen LogP contribution in [0, 0.1) is 20.8 Å². The summed E-state index contributed by atoms with van der Waals surface area (Å²) in [5.41, 5.74) is 5.25. The van der Waals surface area contributed by atoms with Crippen molar-refractivity contribution in [1.29, 1.82) is 0 Å². The molecule has 3 aromatic rings. The minimum Gasteiger partial charge on any atom is -0.444 e. The van der Waals surface area contributed by atoms with Crippen molar-refractivity contribution in [2.24, 2.45) is 0 Å². The first-order chi connectivity index (χ1) is 14.1. The molecule has 1 amide bonds. The number of aryl methyl sites for hydroxylation is 3. The maximum atomic E-state index is 12.7. The lowest BCUT2D eigenvalue weighted by Gasteiger charge is -2.34. The first kappa shape index (κ1) is 20.4. The quantitative estimate of drug-likeness (QED) is 0.623. The summed E-state index contributed by atoms with van der Waals surface area (Å²) >= 11 is 0. The normalized spacial score (nSPS) is 17.5. The number of carbonyl (C=O) groups is 1. The van der Waals surface area contributed by atoms with Crippen LogP contribution in [0.3, 0.4) is 0 Å². The lowest BCUT2D eigenvalue weighted by molar-refractivity contribution is 0.0197. The monoisotopic (exact) mass is 410 g/mol. The Balaban J connectivity index is 1.73. The van der Waals surface area contributed by atoms with Crippen molar-refractivity contribution in [3.05, 3.63) is 35.0 Å². The van der Waals surface area contributed by atoms with Gasteiger partial charge in [0, 0.05) is 35.6 Å². The van der Waals surface area contributed by atoms with Crippen molar-refractivity contribution in [2.75, 3.05) is 13.1 Å². The highest BCUT2D eigenvalue weighted by Crippen LogP contribution is 2.35. The number of piperidine rings is 1. The average molecular weight is 411 g/mol. The van der Waals surface area contributed by atoms with Crippen LogP contribution in [-0.2, 0) is 4.74 Å². The smallest absolute Gasteiger partial charge is 0.410 e. The van der Waals surface area contributed by atoms with E-state index in [9.17, 15) is 4.79 Å². The molecule has 1 N–H and O–H groups in total. The van der Waals surface area contributed by atoms with Crippen LogP contribution in [0.5, 0.6) is 0 Å². The van der Waals surface area contributed by atoms with Gasteiger partial charge in [-0.15, -0.1) is 0 Å². The SMILES string of the molecule is Cc1cc2c(C3CCCN(C(=O)OC(C)(C)C)C3)nc(-c3c(C)noc3C)cc2[nH]1. The molecular formula is C23H30N4O3. The van der Waals surface area contributed by atoms with E-state index in [1.54, 1.807) is 0 Å². The van der Waals surface area contributed by atoms with Gasteiger partial charge in [0.1, 0.15) is 11.4 Å². The van der Waals surface area contributed by atoms with Crippen molar-refractivity contribution < 1.29 is 14.1 Å². The second-order valence-corrected chi connectivity index (χ2v) is 9.27. The van der Waals surface area contributed by atoms with E-state index in [1.165, 1.54) is 0 Å². The summed E-state index contributed by atoms with van der Waals surface area (Å²) in [6.07, 6.45) is 1.65. The molecule has 1 saturated heterocycles. The number of amides is 1. The van der Waals surface area contributed by atoms with E-state index in [0.29, 0.717) is 13.1 Å². The Morgan fingerprint density at radius 1 is 1.27 bits per heavy atom. The fourth-order valence-corrected chi connectivity index (χ4v) is 4.28. The van der Waals surface area contributed by atoms with Gasteiger partial charge >= 0.3 is 6.09 Å². The van der Waals surface area contributed by atoms with Crippen LogP contribution in [0.15, 0.2) is 16.7 Å². The van der Waals surface area contributed by atoms with Gasteiger partial charge in [0.15, 0.2) is 0 Å². The van der Waals surface area contributed by atoms with Gasteiger partial charge in [0.05, 0.1) is 22.6 Å². The highest BCUT2D eigenvalue weighted by Gasteiger charge is 2.30. The molecule has 0 spiro atoms. The summed E-state index contributed by atoms with van der Waals surface area (Å²) < 4.78 is 11.0. The van der Waals surface area contributed by atoms with Crippen LogP contribution in [0.2, 0.25) is 0 Å². The lowest BCUT2D eigenvalue weighted by Crippen LogP contribution is -2.42. The topological polar surface area (TPSA) is 84.2 Å². The molecule has 1 fully saturated rings. The van der Waals surface area contributed by atoms with Gasteiger partial charge in [-0.2, -0.15) is 0 Å². The summed E-state index contributed by atoms with van der Waals surface area (Å²) in [5.74, 6) is 0.900. The van der Waals surface area contributed by atoms with E-state index in [-0.39, 0.29) is 12.0 Å². The van der Waals surface area contributed by atoms with E-state index in [1.807, 2.05) is 46.4 Å². The van der Waals surface area contributed by atoms with Gasteiger partial charge in [-0.3, -0.25) is 4.98 Å². The van der Waals surface area contributed by atoms with Crippen molar-refractivity contribution in [2.45, 2.75) is 65.9 Å².